The smallest absolute Gasteiger partial charge is 0.338 e. The summed E-state index contributed by atoms with van der Waals surface area (Å²) in [6.45, 7) is 0.224. The van der Waals surface area contributed by atoms with Gasteiger partial charge in [-0.3, -0.25) is 19.3 Å². The predicted molar refractivity (Wildman–Crippen MR) is 125 cm³/mol. The highest BCUT2D eigenvalue weighted by Crippen LogP contribution is 2.25. The molecule has 1 aliphatic rings. The fourth-order valence-corrected chi connectivity index (χ4v) is 3.76. The van der Waals surface area contributed by atoms with Crippen LogP contribution in [-0.4, -0.2) is 55.3 Å². The largest absolute Gasteiger partial charge is 0.454 e. The van der Waals surface area contributed by atoms with Crippen LogP contribution in [0.25, 0.3) is 11.1 Å². The van der Waals surface area contributed by atoms with Crippen LogP contribution in [0.5, 0.6) is 0 Å². The number of carbonyl (C=O) groups excluding carboxylic acids is 4. The highest BCUT2D eigenvalue weighted by molar-refractivity contribution is 6.22. The molecule has 4 rings (SSSR count). The van der Waals surface area contributed by atoms with E-state index in [2.05, 4.69) is 0 Å². The third-order valence-corrected chi connectivity index (χ3v) is 5.58. The fraction of sp³-hybridized carbons (Fsp3) is 0.185. The van der Waals surface area contributed by atoms with E-state index in [0.717, 1.165) is 16.0 Å². The number of amides is 2. The first-order valence-electron chi connectivity index (χ1n) is 10.8. The van der Waals surface area contributed by atoms with Gasteiger partial charge in [0.25, 0.3) is 11.8 Å². The van der Waals surface area contributed by atoms with Crippen molar-refractivity contribution in [2.24, 2.45) is 0 Å². The van der Waals surface area contributed by atoms with Crippen LogP contribution in [0.1, 0.15) is 47.9 Å². The third-order valence-electron chi connectivity index (χ3n) is 5.58. The molecule has 0 radical (unpaired) electrons. The zero-order chi connectivity index (χ0) is 24.1. The summed E-state index contributed by atoms with van der Waals surface area (Å²) >= 11 is 0. The summed E-state index contributed by atoms with van der Waals surface area (Å²) < 4.78 is 10.1. The van der Waals surface area contributed by atoms with Crippen LogP contribution in [0.4, 0.5) is 0 Å². The van der Waals surface area contributed by atoms with E-state index >= 15 is 0 Å². The number of fused-ring (bicyclic) bond motifs is 1. The first-order chi connectivity index (χ1) is 16.5. The van der Waals surface area contributed by atoms with Crippen molar-refractivity contribution in [2.45, 2.75) is 6.42 Å². The molecule has 7 heteroatoms. The minimum atomic E-state index is -0.741. The minimum Gasteiger partial charge on any atom is -0.454 e. The summed E-state index contributed by atoms with van der Waals surface area (Å²) in [5.41, 5.74) is 2.94. The van der Waals surface area contributed by atoms with E-state index < -0.39 is 24.4 Å². The molecule has 172 valence electrons. The molecule has 0 N–H and O–H groups in total. The second-order valence-electron chi connectivity index (χ2n) is 7.81. The first kappa shape index (κ1) is 23.1. The van der Waals surface area contributed by atoms with E-state index in [1.54, 1.807) is 19.2 Å². The summed E-state index contributed by atoms with van der Waals surface area (Å²) in [5, 5.41) is 0. The maximum Gasteiger partial charge on any atom is 0.338 e. The van der Waals surface area contributed by atoms with Crippen LogP contribution in [-0.2, 0) is 9.47 Å². The van der Waals surface area contributed by atoms with Gasteiger partial charge in [-0.1, -0.05) is 54.6 Å². The van der Waals surface area contributed by atoms with Gasteiger partial charge in [0.05, 0.1) is 16.7 Å². The Morgan fingerprint density at radius 3 is 2.15 bits per heavy atom. The lowest BCUT2D eigenvalue weighted by Gasteiger charge is -2.12. The Bertz CT molecular complexity index is 1230. The highest BCUT2D eigenvalue weighted by Gasteiger charge is 2.35. The van der Waals surface area contributed by atoms with Crippen LogP contribution in [0.3, 0.4) is 0 Å². The van der Waals surface area contributed by atoms with Gasteiger partial charge < -0.3 is 9.47 Å². The van der Waals surface area contributed by atoms with Crippen molar-refractivity contribution in [1.29, 1.82) is 0 Å². The zero-order valence-electron chi connectivity index (χ0n) is 18.7. The number of rotatable bonds is 9. The maximum absolute atomic E-state index is 12.6. The summed E-state index contributed by atoms with van der Waals surface area (Å²) in [4.78, 5) is 51.2. The van der Waals surface area contributed by atoms with Crippen LogP contribution in [0.15, 0.2) is 72.8 Å². The van der Waals surface area contributed by atoms with Crippen LogP contribution >= 0.6 is 0 Å². The van der Waals surface area contributed by atoms with Gasteiger partial charge in [0.1, 0.15) is 0 Å². The highest BCUT2D eigenvalue weighted by atomic mass is 16.5. The van der Waals surface area contributed by atoms with Crippen molar-refractivity contribution in [3.8, 4) is 11.1 Å². The lowest BCUT2D eigenvalue weighted by molar-refractivity contribution is 0.0474. The summed E-state index contributed by atoms with van der Waals surface area (Å²) in [6.07, 6.45) is 0.519. The molecule has 7 nitrogen and oxygen atoms in total. The average Bonchev–Trinajstić information content (AvgIpc) is 3.12. The molecule has 0 bridgehead atoms. The molecular weight excluding hydrogens is 434 g/mol. The number of carbonyl (C=O) groups is 4. The van der Waals surface area contributed by atoms with Crippen molar-refractivity contribution in [2.75, 3.05) is 26.9 Å². The van der Waals surface area contributed by atoms with E-state index in [1.165, 1.54) is 18.2 Å². The van der Waals surface area contributed by atoms with Crippen molar-refractivity contribution in [3.05, 3.63) is 95.1 Å². The van der Waals surface area contributed by atoms with Crippen LogP contribution in [0.2, 0.25) is 0 Å². The minimum absolute atomic E-state index is 0.103. The molecule has 0 aromatic heterocycles. The average molecular weight is 457 g/mol. The monoisotopic (exact) mass is 457 g/mol. The maximum atomic E-state index is 12.6. The SMILES string of the molecule is COCCCN1C(=O)c2ccc(C(=O)OCC(=O)c3ccc(-c4ccccc4)cc3)cc2C1=O. The van der Waals surface area contributed by atoms with Gasteiger partial charge in [-0.2, -0.15) is 0 Å². The van der Waals surface area contributed by atoms with E-state index in [9.17, 15) is 19.2 Å². The number of nitrogens with zero attached hydrogens (tertiary/aromatic N) is 1. The molecule has 1 heterocycles. The number of esters is 1. The molecular formula is C27H23NO6. The Labute approximate surface area is 196 Å². The van der Waals surface area contributed by atoms with Crippen LogP contribution < -0.4 is 0 Å². The standard InChI is InChI=1S/C27H23NO6/c1-33-15-5-14-28-25(30)22-13-12-21(16-23(22)26(28)31)27(32)34-17-24(29)20-10-8-19(9-11-20)18-6-3-2-4-7-18/h2-4,6-13,16H,5,14-15,17H2,1H3. The molecule has 3 aromatic carbocycles. The lowest BCUT2D eigenvalue weighted by Crippen LogP contribution is -2.31. The number of ketones is 1. The van der Waals surface area contributed by atoms with Crippen molar-refractivity contribution >= 4 is 23.6 Å². The number of methoxy groups -OCH3 is 1. The number of benzene rings is 3. The van der Waals surface area contributed by atoms with Gasteiger partial charge in [0.2, 0.25) is 0 Å². The summed E-state index contributed by atoms with van der Waals surface area (Å²) in [6, 6.07) is 21.0. The Hall–Kier alpha value is -4.10. The second-order valence-corrected chi connectivity index (χ2v) is 7.81. The molecule has 0 unspecified atom stereocenters. The molecule has 0 saturated heterocycles. The Morgan fingerprint density at radius 1 is 0.794 bits per heavy atom. The summed E-state index contributed by atoms with van der Waals surface area (Å²) in [5.74, 6) is -1.94. The van der Waals surface area contributed by atoms with Crippen molar-refractivity contribution in [3.63, 3.8) is 0 Å². The molecule has 3 aromatic rings. The lowest BCUT2D eigenvalue weighted by atomic mass is 10.0. The number of imide groups is 1. The third kappa shape index (κ3) is 4.79. The number of hydrogen-bond donors (Lipinski definition) is 0. The van der Waals surface area contributed by atoms with E-state index in [4.69, 9.17) is 9.47 Å². The predicted octanol–water partition coefficient (Wildman–Crippen LogP) is 4.03. The number of Topliss-reactive ketones (excluding diaryl/α,β-unsaturated/α-hetero) is 1. The van der Waals surface area contributed by atoms with E-state index in [0.29, 0.717) is 18.6 Å². The number of hydrogen-bond acceptors (Lipinski definition) is 6. The molecule has 0 spiro atoms. The Kier molecular flexibility index (Phi) is 6.94. The van der Waals surface area contributed by atoms with Crippen LogP contribution in [0, 0.1) is 0 Å². The van der Waals surface area contributed by atoms with Crippen molar-refractivity contribution in [1.82, 2.24) is 4.90 Å². The fourth-order valence-electron chi connectivity index (χ4n) is 3.76. The molecule has 2 amide bonds. The van der Waals surface area contributed by atoms with E-state index in [1.807, 2.05) is 42.5 Å². The topological polar surface area (TPSA) is 90.0 Å². The first-order valence-corrected chi connectivity index (χ1v) is 10.8. The zero-order valence-corrected chi connectivity index (χ0v) is 18.7. The summed E-state index contributed by atoms with van der Waals surface area (Å²) in [7, 11) is 1.55. The van der Waals surface area contributed by atoms with Gasteiger partial charge in [-0.05, 0) is 35.7 Å². The normalized spacial score (nSPS) is 12.6. The quantitative estimate of drug-likeness (QED) is 0.209. The Morgan fingerprint density at radius 2 is 1.44 bits per heavy atom. The molecule has 0 fully saturated rings. The Balaban J connectivity index is 1.38. The number of ether oxygens (including phenoxy) is 2. The van der Waals surface area contributed by atoms with E-state index in [-0.39, 0.29) is 29.0 Å². The molecule has 0 saturated carbocycles. The molecule has 0 aliphatic carbocycles. The van der Waals surface area contributed by atoms with Crippen molar-refractivity contribution < 1.29 is 28.7 Å². The van der Waals surface area contributed by atoms with Gasteiger partial charge >= 0.3 is 5.97 Å². The van der Waals surface area contributed by atoms with Gasteiger partial charge in [-0.25, -0.2) is 4.79 Å². The molecule has 0 atom stereocenters. The second kappa shape index (κ2) is 10.2. The van der Waals surface area contributed by atoms with Gasteiger partial charge in [0, 0.05) is 25.8 Å². The molecule has 1 aliphatic heterocycles. The van der Waals surface area contributed by atoms with Gasteiger partial charge in [-0.15, -0.1) is 0 Å². The van der Waals surface area contributed by atoms with Gasteiger partial charge in [0.15, 0.2) is 12.4 Å². The molecule has 34 heavy (non-hydrogen) atoms.